The van der Waals surface area contributed by atoms with Crippen molar-refractivity contribution in [2.45, 2.75) is 0 Å². The topological polar surface area (TPSA) is 86.0 Å². The van der Waals surface area contributed by atoms with Crippen molar-refractivity contribution in [1.29, 1.82) is 5.26 Å². The van der Waals surface area contributed by atoms with Crippen molar-refractivity contribution in [3.63, 3.8) is 0 Å². The Balaban J connectivity index is 1.84. The van der Waals surface area contributed by atoms with E-state index in [4.69, 9.17) is 0 Å². The molecule has 1 aromatic heterocycles. The van der Waals surface area contributed by atoms with E-state index in [-0.39, 0.29) is 11.3 Å². The molecule has 0 aliphatic rings. The molecule has 0 atom stereocenters. The van der Waals surface area contributed by atoms with Crippen LogP contribution in [0.25, 0.3) is 16.3 Å². The fourth-order valence-electron chi connectivity index (χ4n) is 2.02. The minimum absolute atomic E-state index is 0.0492. The van der Waals surface area contributed by atoms with Crippen LogP contribution in [-0.4, -0.2) is 16.0 Å². The Labute approximate surface area is 150 Å². The second kappa shape index (κ2) is 6.83. The summed E-state index contributed by atoms with van der Waals surface area (Å²) in [5.41, 5.74) is 1.37. The molecule has 118 valence electrons. The van der Waals surface area contributed by atoms with Crippen LogP contribution in [0.15, 0.2) is 52.5 Å². The lowest BCUT2D eigenvalue weighted by molar-refractivity contribution is -0.112. The molecule has 2 aromatic carbocycles. The molecule has 24 heavy (non-hydrogen) atoms. The highest BCUT2D eigenvalue weighted by Gasteiger charge is 2.12. The molecule has 7 heteroatoms. The maximum atomic E-state index is 12.3. The SMILES string of the molecule is N#C/C(=C\c1ccc(O)c(Br)c1)C(=O)Nc1nc2ccccc2s1. The number of benzene rings is 2. The van der Waals surface area contributed by atoms with Crippen molar-refractivity contribution in [1.82, 2.24) is 4.98 Å². The normalized spacial score (nSPS) is 11.2. The molecular weight excluding hydrogens is 390 g/mol. The lowest BCUT2D eigenvalue weighted by atomic mass is 10.1. The van der Waals surface area contributed by atoms with Crippen LogP contribution in [0.5, 0.6) is 5.75 Å². The highest BCUT2D eigenvalue weighted by atomic mass is 79.9. The second-order valence-electron chi connectivity index (χ2n) is 4.82. The van der Waals surface area contributed by atoms with E-state index in [0.717, 1.165) is 10.2 Å². The van der Waals surface area contributed by atoms with Gasteiger partial charge in [0.05, 0.1) is 14.7 Å². The molecule has 0 fully saturated rings. The van der Waals surface area contributed by atoms with Crippen LogP contribution in [0.2, 0.25) is 0 Å². The van der Waals surface area contributed by atoms with E-state index in [1.165, 1.54) is 23.5 Å². The van der Waals surface area contributed by atoms with E-state index < -0.39 is 5.91 Å². The third kappa shape index (κ3) is 3.45. The summed E-state index contributed by atoms with van der Waals surface area (Å²) in [6.45, 7) is 0. The minimum atomic E-state index is -0.527. The predicted octanol–water partition coefficient (Wildman–Crippen LogP) is 4.31. The largest absolute Gasteiger partial charge is 0.507 e. The number of aromatic hydroxyl groups is 1. The number of nitrogens with one attached hydrogen (secondary N) is 1. The molecular formula is C17H10BrN3O2S. The first-order valence-electron chi connectivity index (χ1n) is 6.84. The summed E-state index contributed by atoms with van der Waals surface area (Å²) >= 11 is 4.54. The third-order valence-electron chi connectivity index (χ3n) is 3.16. The van der Waals surface area contributed by atoms with Gasteiger partial charge in [-0.1, -0.05) is 29.5 Å². The van der Waals surface area contributed by atoms with Gasteiger partial charge in [0.2, 0.25) is 0 Å². The van der Waals surface area contributed by atoms with Crippen LogP contribution in [0, 0.1) is 11.3 Å². The molecule has 3 aromatic rings. The Morgan fingerprint density at radius 2 is 2.12 bits per heavy atom. The van der Waals surface area contributed by atoms with Crippen LogP contribution in [0.4, 0.5) is 5.13 Å². The average molecular weight is 400 g/mol. The Morgan fingerprint density at radius 1 is 1.33 bits per heavy atom. The van der Waals surface area contributed by atoms with E-state index in [9.17, 15) is 15.2 Å². The van der Waals surface area contributed by atoms with Gasteiger partial charge in [-0.2, -0.15) is 5.26 Å². The van der Waals surface area contributed by atoms with Gasteiger partial charge in [0.1, 0.15) is 17.4 Å². The molecule has 0 aliphatic carbocycles. The van der Waals surface area contributed by atoms with Gasteiger partial charge < -0.3 is 5.11 Å². The van der Waals surface area contributed by atoms with Crippen LogP contribution < -0.4 is 5.32 Å². The van der Waals surface area contributed by atoms with E-state index in [1.807, 2.05) is 30.3 Å². The molecule has 0 aliphatic heterocycles. The summed E-state index contributed by atoms with van der Waals surface area (Å²) in [6, 6.07) is 14.1. The van der Waals surface area contributed by atoms with E-state index in [2.05, 4.69) is 26.2 Å². The van der Waals surface area contributed by atoms with Crippen LogP contribution in [0.1, 0.15) is 5.56 Å². The number of carbonyl (C=O) groups is 1. The number of halogens is 1. The Bertz CT molecular complexity index is 971. The summed E-state index contributed by atoms with van der Waals surface area (Å²) in [5.74, 6) is -0.440. The third-order valence-corrected chi connectivity index (χ3v) is 4.75. The number of amides is 1. The molecule has 0 bridgehead atoms. The fourth-order valence-corrected chi connectivity index (χ4v) is 3.28. The Morgan fingerprint density at radius 3 is 2.83 bits per heavy atom. The zero-order chi connectivity index (χ0) is 17.1. The van der Waals surface area contributed by atoms with Crippen molar-refractivity contribution < 1.29 is 9.90 Å². The van der Waals surface area contributed by atoms with Crippen molar-refractivity contribution in [3.05, 3.63) is 58.1 Å². The van der Waals surface area contributed by atoms with Gasteiger partial charge in [-0.25, -0.2) is 4.98 Å². The molecule has 3 rings (SSSR count). The van der Waals surface area contributed by atoms with Gasteiger partial charge in [-0.15, -0.1) is 0 Å². The molecule has 1 heterocycles. The average Bonchev–Trinajstić information content (AvgIpc) is 2.97. The number of hydrogen-bond acceptors (Lipinski definition) is 5. The zero-order valence-electron chi connectivity index (χ0n) is 12.2. The predicted molar refractivity (Wildman–Crippen MR) is 97.6 cm³/mol. The van der Waals surface area contributed by atoms with Crippen LogP contribution >= 0.6 is 27.3 Å². The monoisotopic (exact) mass is 399 g/mol. The Hall–Kier alpha value is -2.69. The number of nitrogens with zero attached hydrogens (tertiary/aromatic N) is 2. The minimum Gasteiger partial charge on any atom is -0.507 e. The maximum absolute atomic E-state index is 12.3. The number of aromatic nitrogens is 1. The lowest BCUT2D eigenvalue weighted by Crippen LogP contribution is -2.13. The number of carbonyl (C=O) groups excluding carboxylic acids is 1. The molecule has 0 radical (unpaired) electrons. The molecule has 1 amide bonds. The highest BCUT2D eigenvalue weighted by molar-refractivity contribution is 9.10. The van der Waals surface area contributed by atoms with Crippen molar-refractivity contribution in [2.75, 3.05) is 5.32 Å². The van der Waals surface area contributed by atoms with Crippen molar-refractivity contribution >= 4 is 54.6 Å². The molecule has 0 spiro atoms. The summed E-state index contributed by atoms with van der Waals surface area (Å²) in [4.78, 5) is 16.6. The van der Waals surface area contributed by atoms with Crippen molar-refractivity contribution in [3.8, 4) is 11.8 Å². The van der Waals surface area contributed by atoms with Gasteiger partial charge >= 0.3 is 0 Å². The van der Waals surface area contributed by atoms with Crippen LogP contribution in [0.3, 0.4) is 0 Å². The number of phenolic OH excluding ortho intramolecular Hbond substituents is 1. The standard InChI is InChI=1S/C17H10BrN3O2S/c18-12-8-10(5-6-14(12)22)7-11(9-19)16(23)21-17-20-13-3-1-2-4-15(13)24-17/h1-8,22H,(H,20,21,23)/b11-7+. The summed E-state index contributed by atoms with van der Waals surface area (Å²) in [7, 11) is 0. The summed E-state index contributed by atoms with van der Waals surface area (Å²) < 4.78 is 1.44. The maximum Gasteiger partial charge on any atom is 0.268 e. The highest BCUT2D eigenvalue weighted by Crippen LogP contribution is 2.27. The van der Waals surface area contributed by atoms with Gasteiger partial charge in [0, 0.05) is 0 Å². The molecule has 2 N–H and O–H groups in total. The number of rotatable bonds is 3. The lowest BCUT2D eigenvalue weighted by Gasteiger charge is -2.01. The fraction of sp³-hybridized carbons (Fsp3) is 0. The van der Waals surface area contributed by atoms with Gasteiger partial charge in [-0.05, 0) is 51.8 Å². The smallest absolute Gasteiger partial charge is 0.268 e. The first-order valence-corrected chi connectivity index (χ1v) is 8.45. The molecule has 0 saturated carbocycles. The van der Waals surface area contributed by atoms with E-state index in [0.29, 0.717) is 15.2 Å². The number of hydrogen-bond donors (Lipinski definition) is 2. The number of para-hydroxylation sites is 1. The van der Waals surface area contributed by atoms with E-state index in [1.54, 1.807) is 12.1 Å². The number of nitriles is 1. The van der Waals surface area contributed by atoms with Crippen molar-refractivity contribution in [2.24, 2.45) is 0 Å². The second-order valence-corrected chi connectivity index (χ2v) is 6.71. The summed E-state index contributed by atoms with van der Waals surface area (Å²) in [5, 5.41) is 21.8. The van der Waals surface area contributed by atoms with Gasteiger partial charge in [0.15, 0.2) is 5.13 Å². The number of thiazole rings is 1. The Kier molecular flexibility index (Phi) is 4.60. The molecule has 0 unspecified atom stereocenters. The first-order chi connectivity index (χ1) is 11.6. The quantitative estimate of drug-likeness (QED) is 0.507. The van der Waals surface area contributed by atoms with E-state index >= 15 is 0 Å². The van der Waals surface area contributed by atoms with Crippen LogP contribution in [-0.2, 0) is 4.79 Å². The number of anilines is 1. The zero-order valence-corrected chi connectivity index (χ0v) is 14.6. The number of phenols is 1. The van der Waals surface area contributed by atoms with Gasteiger partial charge in [-0.3, -0.25) is 10.1 Å². The number of fused-ring (bicyclic) bond motifs is 1. The molecule has 5 nitrogen and oxygen atoms in total. The summed E-state index contributed by atoms with van der Waals surface area (Å²) in [6.07, 6.45) is 1.45. The van der Waals surface area contributed by atoms with Gasteiger partial charge in [0.25, 0.3) is 5.91 Å². The molecule has 0 saturated heterocycles. The first kappa shape index (κ1) is 16.2.